The van der Waals surface area contributed by atoms with Gasteiger partial charge in [0, 0.05) is 25.7 Å². The third-order valence-corrected chi connectivity index (χ3v) is 2.91. The van der Waals surface area contributed by atoms with Crippen molar-refractivity contribution in [2.24, 2.45) is 0 Å². The Bertz CT molecular complexity index is 518. The third kappa shape index (κ3) is 1.33. The molecule has 0 aromatic carbocycles. The lowest BCUT2D eigenvalue weighted by Gasteiger charge is -2.21. The summed E-state index contributed by atoms with van der Waals surface area (Å²) >= 11 is 0. The highest BCUT2D eigenvalue weighted by molar-refractivity contribution is 5.44. The SMILES string of the molecule is CN1CCc2nc3ccc(F)cn3c2C1. The molecule has 2 aromatic rings. The van der Waals surface area contributed by atoms with Gasteiger partial charge in [0.1, 0.15) is 11.5 Å². The predicted molar refractivity (Wildman–Crippen MR) is 55.2 cm³/mol. The highest BCUT2D eigenvalue weighted by atomic mass is 19.1. The van der Waals surface area contributed by atoms with Crippen molar-refractivity contribution in [3.63, 3.8) is 0 Å². The number of hydrogen-bond donors (Lipinski definition) is 0. The second-order valence-corrected chi connectivity index (χ2v) is 4.07. The minimum atomic E-state index is -0.212. The van der Waals surface area contributed by atoms with Gasteiger partial charge in [0.15, 0.2) is 0 Å². The summed E-state index contributed by atoms with van der Waals surface area (Å²) in [6.45, 7) is 1.87. The van der Waals surface area contributed by atoms with Crippen LogP contribution in [0.3, 0.4) is 0 Å². The number of likely N-dealkylation sites (N-methyl/N-ethyl adjacent to an activating group) is 1. The molecule has 78 valence electrons. The van der Waals surface area contributed by atoms with Crippen molar-refractivity contribution < 1.29 is 4.39 Å². The smallest absolute Gasteiger partial charge is 0.139 e. The summed E-state index contributed by atoms with van der Waals surface area (Å²) in [6.07, 6.45) is 2.47. The van der Waals surface area contributed by atoms with Gasteiger partial charge in [0.2, 0.25) is 0 Å². The molecule has 3 heterocycles. The van der Waals surface area contributed by atoms with Crippen molar-refractivity contribution in [1.82, 2.24) is 14.3 Å². The van der Waals surface area contributed by atoms with Gasteiger partial charge in [-0.1, -0.05) is 0 Å². The maximum Gasteiger partial charge on any atom is 0.139 e. The lowest BCUT2D eigenvalue weighted by Crippen LogP contribution is -2.27. The van der Waals surface area contributed by atoms with E-state index in [0.717, 1.165) is 36.5 Å². The summed E-state index contributed by atoms with van der Waals surface area (Å²) in [5.74, 6) is -0.212. The molecule has 0 atom stereocenters. The van der Waals surface area contributed by atoms with E-state index < -0.39 is 0 Å². The van der Waals surface area contributed by atoms with Crippen LogP contribution in [0.5, 0.6) is 0 Å². The lowest BCUT2D eigenvalue weighted by molar-refractivity contribution is 0.305. The molecule has 0 saturated heterocycles. The number of nitrogens with zero attached hydrogens (tertiary/aromatic N) is 3. The van der Waals surface area contributed by atoms with Crippen LogP contribution in [-0.4, -0.2) is 27.9 Å². The molecule has 0 unspecified atom stereocenters. The molecule has 15 heavy (non-hydrogen) atoms. The molecular weight excluding hydrogens is 193 g/mol. The number of aromatic nitrogens is 2. The Labute approximate surface area is 87.1 Å². The zero-order valence-electron chi connectivity index (χ0n) is 8.57. The fourth-order valence-electron chi connectivity index (χ4n) is 2.12. The molecule has 0 spiro atoms. The fraction of sp³-hybridized carbons (Fsp3) is 0.364. The average molecular weight is 205 g/mol. The quantitative estimate of drug-likeness (QED) is 0.649. The largest absolute Gasteiger partial charge is 0.300 e. The second kappa shape index (κ2) is 3.03. The van der Waals surface area contributed by atoms with E-state index in [1.165, 1.54) is 12.3 Å². The van der Waals surface area contributed by atoms with Crippen molar-refractivity contribution in [3.05, 3.63) is 35.5 Å². The average Bonchev–Trinajstić information content (AvgIpc) is 2.56. The Morgan fingerprint density at radius 1 is 1.40 bits per heavy atom. The van der Waals surface area contributed by atoms with Crippen molar-refractivity contribution in [2.75, 3.05) is 13.6 Å². The van der Waals surface area contributed by atoms with Crippen LogP contribution in [0.4, 0.5) is 4.39 Å². The first-order chi connectivity index (χ1) is 7.24. The maximum absolute atomic E-state index is 13.1. The third-order valence-electron chi connectivity index (χ3n) is 2.91. The Balaban J connectivity index is 2.25. The van der Waals surface area contributed by atoms with Crippen molar-refractivity contribution in [1.29, 1.82) is 0 Å². The van der Waals surface area contributed by atoms with Gasteiger partial charge in [-0.3, -0.25) is 4.40 Å². The number of hydrogen-bond acceptors (Lipinski definition) is 2. The summed E-state index contributed by atoms with van der Waals surface area (Å²) < 4.78 is 15.0. The van der Waals surface area contributed by atoms with Crippen LogP contribution in [0.1, 0.15) is 11.4 Å². The molecule has 0 fully saturated rings. The summed E-state index contributed by atoms with van der Waals surface area (Å²) in [7, 11) is 2.07. The topological polar surface area (TPSA) is 20.5 Å². The van der Waals surface area contributed by atoms with Crippen LogP contribution >= 0.6 is 0 Å². The van der Waals surface area contributed by atoms with Crippen molar-refractivity contribution in [2.45, 2.75) is 13.0 Å². The summed E-state index contributed by atoms with van der Waals surface area (Å²) in [5, 5.41) is 0. The van der Waals surface area contributed by atoms with Crippen LogP contribution in [0.15, 0.2) is 18.3 Å². The Kier molecular flexibility index (Phi) is 1.79. The van der Waals surface area contributed by atoms with E-state index in [0.29, 0.717) is 0 Å². The molecule has 0 bridgehead atoms. The number of fused-ring (bicyclic) bond motifs is 3. The van der Waals surface area contributed by atoms with Crippen molar-refractivity contribution in [3.8, 4) is 0 Å². The van der Waals surface area contributed by atoms with E-state index in [-0.39, 0.29) is 5.82 Å². The predicted octanol–water partition coefficient (Wildman–Crippen LogP) is 1.46. The molecule has 3 rings (SSSR count). The van der Waals surface area contributed by atoms with E-state index in [2.05, 4.69) is 16.9 Å². The Morgan fingerprint density at radius 3 is 3.13 bits per heavy atom. The molecule has 1 aliphatic heterocycles. The molecule has 4 heteroatoms. The molecule has 1 aliphatic rings. The first kappa shape index (κ1) is 8.85. The molecule has 0 N–H and O–H groups in total. The van der Waals surface area contributed by atoms with Gasteiger partial charge in [0.25, 0.3) is 0 Å². The monoisotopic (exact) mass is 205 g/mol. The number of rotatable bonds is 0. The normalized spacial score (nSPS) is 16.9. The lowest BCUT2D eigenvalue weighted by atomic mass is 10.1. The van der Waals surface area contributed by atoms with Crippen LogP contribution in [0.25, 0.3) is 5.65 Å². The van der Waals surface area contributed by atoms with E-state index in [1.54, 1.807) is 6.07 Å². The summed E-state index contributed by atoms with van der Waals surface area (Å²) in [6, 6.07) is 3.19. The van der Waals surface area contributed by atoms with Gasteiger partial charge in [-0.05, 0) is 19.2 Å². The Morgan fingerprint density at radius 2 is 2.27 bits per heavy atom. The first-order valence-corrected chi connectivity index (χ1v) is 5.08. The van der Waals surface area contributed by atoms with Crippen LogP contribution in [0, 0.1) is 5.82 Å². The van der Waals surface area contributed by atoms with Gasteiger partial charge in [0.05, 0.1) is 11.4 Å². The number of halogens is 1. The molecule has 3 nitrogen and oxygen atoms in total. The number of pyridine rings is 1. The van der Waals surface area contributed by atoms with Crippen LogP contribution in [-0.2, 0) is 13.0 Å². The van der Waals surface area contributed by atoms with E-state index >= 15 is 0 Å². The maximum atomic E-state index is 13.1. The van der Waals surface area contributed by atoms with Gasteiger partial charge < -0.3 is 4.90 Å². The van der Waals surface area contributed by atoms with Gasteiger partial charge >= 0.3 is 0 Å². The molecule has 0 amide bonds. The van der Waals surface area contributed by atoms with E-state index in [9.17, 15) is 4.39 Å². The van der Waals surface area contributed by atoms with E-state index in [1.807, 2.05) is 4.40 Å². The molecule has 0 aliphatic carbocycles. The van der Waals surface area contributed by atoms with Crippen LogP contribution < -0.4 is 0 Å². The highest BCUT2D eigenvalue weighted by Gasteiger charge is 2.18. The minimum Gasteiger partial charge on any atom is -0.300 e. The summed E-state index contributed by atoms with van der Waals surface area (Å²) in [5.41, 5.74) is 3.08. The molecule has 0 radical (unpaired) electrons. The van der Waals surface area contributed by atoms with Crippen molar-refractivity contribution >= 4 is 5.65 Å². The van der Waals surface area contributed by atoms with Crippen LogP contribution in [0.2, 0.25) is 0 Å². The Hall–Kier alpha value is -1.42. The van der Waals surface area contributed by atoms with E-state index in [4.69, 9.17) is 0 Å². The standard InChI is InChI=1S/C11H12FN3/c1-14-5-4-9-10(7-14)15-6-8(12)2-3-11(15)13-9/h2-3,6H,4-5,7H2,1H3. The van der Waals surface area contributed by atoms with Gasteiger partial charge in [-0.25, -0.2) is 9.37 Å². The zero-order valence-corrected chi connectivity index (χ0v) is 8.57. The second-order valence-electron chi connectivity index (χ2n) is 4.07. The van der Waals surface area contributed by atoms with Gasteiger partial charge in [-0.2, -0.15) is 0 Å². The molecule has 2 aromatic heterocycles. The minimum absolute atomic E-state index is 0.212. The highest BCUT2D eigenvalue weighted by Crippen LogP contribution is 2.19. The zero-order chi connectivity index (χ0) is 10.4. The summed E-state index contributed by atoms with van der Waals surface area (Å²) in [4.78, 5) is 6.72. The molecular formula is C11H12FN3. The van der Waals surface area contributed by atoms with Gasteiger partial charge in [-0.15, -0.1) is 0 Å². The molecule has 0 saturated carbocycles. The first-order valence-electron chi connectivity index (χ1n) is 5.08. The number of imidazole rings is 1. The fourth-order valence-corrected chi connectivity index (χ4v) is 2.12.